The van der Waals surface area contributed by atoms with E-state index in [2.05, 4.69) is 20.3 Å². The Morgan fingerprint density at radius 1 is 1.18 bits per heavy atom. The molecule has 0 aliphatic rings. The van der Waals surface area contributed by atoms with E-state index in [4.69, 9.17) is 0 Å². The van der Waals surface area contributed by atoms with Crippen LogP contribution in [-0.4, -0.2) is 27.4 Å². The number of aromatic nitrogens is 3. The van der Waals surface area contributed by atoms with Crippen LogP contribution in [0.1, 0.15) is 16.1 Å². The molecule has 0 radical (unpaired) electrons. The first-order valence-electron chi connectivity index (χ1n) is 8.56. The van der Waals surface area contributed by atoms with Gasteiger partial charge in [0.25, 0.3) is 11.5 Å². The van der Waals surface area contributed by atoms with E-state index in [0.29, 0.717) is 23.9 Å². The molecule has 4 aromatic rings. The van der Waals surface area contributed by atoms with E-state index in [0.717, 1.165) is 16.3 Å². The number of rotatable bonds is 5. The minimum atomic E-state index is -0.552. The van der Waals surface area contributed by atoms with E-state index in [-0.39, 0.29) is 5.56 Å². The van der Waals surface area contributed by atoms with Crippen LogP contribution >= 0.6 is 11.3 Å². The Labute approximate surface area is 163 Å². The third-order valence-electron chi connectivity index (χ3n) is 4.20. The fourth-order valence-electron chi connectivity index (χ4n) is 2.79. The second kappa shape index (κ2) is 7.69. The zero-order valence-corrected chi connectivity index (χ0v) is 15.4. The molecule has 1 aromatic carbocycles. The molecule has 0 atom stereocenters. The molecule has 0 fully saturated rings. The Kier molecular flexibility index (Phi) is 4.94. The molecule has 0 aliphatic heterocycles. The van der Waals surface area contributed by atoms with E-state index in [1.54, 1.807) is 12.4 Å². The summed E-state index contributed by atoms with van der Waals surface area (Å²) in [5.74, 6) is -0.924. The molecule has 140 valence electrons. The van der Waals surface area contributed by atoms with Crippen LogP contribution < -0.4 is 10.9 Å². The highest BCUT2D eigenvalue weighted by atomic mass is 32.1. The molecule has 0 unspecified atom stereocenters. The van der Waals surface area contributed by atoms with Gasteiger partial charge in [-0.15, -0.1) is 11.3 Å². The standard InChI is InChI=1S/C20H15FN4O2S/c21-14-2-1-13-9-16(19(27)25-17(13)10-14)18(26)23-8-5-15-11-28-20(24-15)12-3-6-22-7-4-12/h1-4,6-7,9-11H,5,8H2,(H,23,26)(H,25,27). The number of nitrogens with zero attached hydrogens (tertiary/aromatic N) is 2. The Hall–Kier alpha value is -3.39. The van der Waals surface area contributed by atoms with Gasteiger partial charge in [0.2, 0.25) is 0 Å². The molecule has 28 heavy (non-hydrogen) atoms. The van der Waals surface area contributed by atoms with Crippen molar-refractivity contribution < 1.29 is 9.18 Å². The topological polar surface area (TPSA) is 87.7 Å². The number of halogens is 1. The number of hydrogen-bond acceptors (Lipinski definition) is 5. The molecule has 1 amide bonds. The van der Waals surface area contributed by atoms with Crippen LogP contribution in [0.3, 0.4) is 0 Å². The van der Waals surface area contributed by atoms with Crippen molar-refractivity contribution in [3.05, 3.63) is 81.6 Å². The van der Waals surface area contributed by atoms with Crippen LogP contribution in [-0.2, 0) is 6.42 Å². The van der Waals surface area contributed by atoms with Crippen LogP contribution in [0, 0.1) is 5.82 Å². The maximum Gasteiger partial charge on any atom is 0.261 e. The molecule has 0 spiro atoms. The van der Waals surface area contributed by atoms with Crippen molar-refractivity contribution in [2.75, 3.05) is 6.54 Å². The second-order valence-electron chi connectivity index (χ2n) is 6.13. The van der Waals surface area contributed by atoms with Gasteiger partial charge in [-0.05, 0) is 41.8 Å². The normalized spacial score (nSPS) is 10.9. The van der Waals surface area contributed by atoms with Crippen LogP contribution in [0.4, 0.5) is 4.39 Å². The summed E-state index contributed by atoms with van der Waals surface area (Å²) < 4.78 is 13.3. The minimum Gasteiger partial charge on any atom is -0.351 e. The summed E-state index contributed by atoms with van der Waals surface area (Å²) in [5, 5.41) is 6.16. The Bertz CT molecular complexity index is 1200. The van der Waals surface area contributed by atoms with E-state index in [1.165, 1.54) is 35.6 Å². The number of nitrogens with one attached hydrogen (secondary N) is 2. The average Bonchev–Trinajstić information content (AvgIpc) is 3.17. The number of hydrogen-bond donors (Lipinski definition) is 2. The summed E-state index contributed by atoms with van der Waals surface area (Å²) >= 11 is 1.53. The van der Waals surface area contributed by atoms with Crippen molar-refractivity contribution in [3.63, 3.8) is 0 Å². The summed E-state index contributed by atoms with van der Waals surface area (Å²) in [6, 6.07) is 9.27. The van der Waals surface area contributed by atoms with Gasteiger partial charge < -0.3 is 10.3 Å². The van der Waals surface area contributed by atoms with Gasteiger partial charge in [0.1, 0.15) is 16.4 Å². The molecule has 0 bridgehead atoms. The van der Waals surface area contributed by atoms with Gasteiger partial charge in [-0.1, -0.05) is 0 Å². The SMILES string of the molecule is O=C(NCCc1csc(-c2ccncc2)n1)c1cc2ccc(F)cc2[nH]c1=O. The summed E-state index contributed by atoms with van der Waals surface area (Å²) in [5.41, 5.74) is 1.65. The van der Waals surface area contributed by atoms with Gasteiger partial charge in [0, 0.05) is 36.3 Å². The highest BCUT2D eigenvalue weighted by molar-refractivity contribution is 7.13. The highest BCUT2D eigenvalue weighted by Gasteiger charge is 2.12. The Morgan fingerprint density at radius 3 is 2.82 bits per heavy atom. The first-order chi connectivity index (χ1) is 13.6. The first kappa shape index (κ1) is 18.0. The number of amides is 1. The van der Waals surface area contributed by atoms with Crippen molar-refractivity contribution in [1.82, 2.24) is 20.3 Å². The summed E-state index contributed by atoms with van der Waals surface area (Å²) in [6.07, 6.45) is 3.97. The number of carbonyl (C=O) groups is 1. The maximum atomic E-state index is 13.3. The zero-order chi connectivity index (χ0) is 19.5. The van der Waals surface area contributed by atoms with Crippen molar-refractivity contribution in [3.8, 4) is 10.6 Å². The average molecular weight is 394 g/mol. The number of thiazole rings is 1. The molecular formula is C20H15FN4O2S. The predicted octanol–water partition coefficient (Wildman–Crippen LogP) is 3.16. The van der Waals surface area contributed by atoms with Gasteiger partial charge in [0.05, 0.1) is 11.2 Å². The molecule has 6 nitrogen and oxygen atoms in total. The third-order valence-corrected chi connectivity index (χ3v) is 5.14. The maximum absolute atomic E-state index is 13.3. The van der Waals surface area contributed by atoms with Crippen molar-refractivity contribution >= 4 is 28.1 Å². The summed E-state index contributed by atoms with van der Waals surface area (Å²) in [6.45, 7) is 0.346. The van der Waals surface area contributed by atoms with Gasteiger partial charge >= 0.3 is 0 Å². The Balaban J connectivity index is 1.42. The molecular weight excluding hydrogens is 379 g/mol. The monoisotopic (exact) mass is 394 g/mol. The number of benzene rings is 1. The smallest absolute Gasteiger partial charge is 0.261 e. The van der Waals surface area contributed by atoms with E-state index in [9.17, 15) is 14.0 Å². The van der Waals surface area contributed by atoms with Crippen LogP contribution in [0.2, 0.25) is 0 Å². The van der Waals surface area contributed by atoms with Gasteiger partial charge in [-0.25, -0.2) is 9.37 Å². The number of H-pyrrole nitrogens is 1. The fraction of sp³-hybridized carbons (Fsp3) is 0.100. The molecule has 0 aliphatic carbocycles. The van der Waals surface area contributed by atoms with Crippen LogP contribution in [0.15, 0.2) is 59.0 Å². The lowest BCUT2D eigenvalue weighted by atomic mass is 10.1. The summed E-state index contributed by atoms with van der Waals surface area (Å²) in [7, 11) is 0. The van der Waals surface area contributed by atoms with Crippen molar-refractivity contribution in [2.24, 2.45) is 0 Å². The predicted molar refractivity (Wildman–Crippen MR) is 106 cm³/mol. The van der Waals surface area contributed by atoms with Crippen LogP contribution in [0.5, 0.6) is 0 Å². The van der Waals surface area contributed by atoms with E-state index in [1.807, 2.05) is 17.5 Å². The lowest BCUT2D eigenvalue weighted by Crippen LogP contribution is -2.31. The van der Waals surface area contributed by atoms with E-state index < -0.39 is 17.3 Å². The molecule has 4 rings (SSSR count). The second-order valence-corrected chi connectivity index (χ2v) is 6.99. The first-order valence-corrected chi connectivity index (χ1v) is 9.44. The third kappa shape index (κ3) is 3.81. The van der Waals surface area contributed by atoms with Crippen molar-refractivity contribution in [2.45, 2.75) is 6.42 Å². The van der Waals surface area contributed by atoms with E-state index >= 15 is 0 Å². The van der Waals surface area contributed by atoms with Gasteiger partial charge in [-0.2, -0.15) is 0 Å². The molecule has 8 heteroatoms. The quantitative estimate of drug-likeness (QED) is 0.544. The minimum absolute atomic E-state index is 0.00476. The molecule has 2 N–H and O–H groups in total. The van der Waals surface area contributed by atoms with Crippen LogP contribution in [0.25, 0.3) is 21.5 Å². The highest BCUT2D eigenvalue weighted by Crippen LogP contribution is 2.22. The largest absolute Gasteiger partial charge is 0.351 e. The zero-order valence-electron chi connectivity index (χ0n) is 14.6. The van der Waals surface area contributed by atoms with Gasteiger partial charge in [-0.3, -0.25) is 14.6 Å². The number of fused-ring (bicyclic) bond motifs is 1. The van der Waals surface area contributed by atoms with Gasteiger partial charge in [0.15, 0.2) is 0 Å². The lowest BCUT2D eigenvalue weighted by Gasteiger charge is -2.05. The number of aromatic amines is 1. The molecule has 0 saturated carbocycles. The molecule has 0 saturated heterocycles. The lowest BCUT2D eigenvalue weighted by molar-refractivity contribution is 0.0952. The number of carbonyl (C=O) groups excluding carboxylic acids is 1. The molecule has 3 aromatic heterocycles. The molecule has 3 heterocycles. The Morgan fingerprint density at radius 2 is 2.00 bits per heavy atom. The van der Waals surface area contributed by atoms with Crippen molar-refractivity contribution in [1.29, 1.82) is 0 Å². The fourth-order valence-corrected chi connectivity index (χ4v) is 3.65. The summed E-state index contributed by atoms with van der Waals surface area (Å²) in [4.78, 5) is 35.6. The number of pyridine rings is 2.